The van der Waals surface area contributed by atoms with Gasteiger partial charge in [-0.3, -0.25) is 18.6 Å². The third-order valence-electron chi connectivity index (χ3n) is 11.6. The lowest BCUT2D eigenvalue weighted by Gasteiger charge is -2.24. The predicted octanol–water partition coefficient (Wildman–Crippen LogP) is 17.3. The minimum absolute atomic E-state index is 0.0249. The van der Waals surface area contributed by atoms with Gasteiger partial charge in [0, 0.05) is 12.8 Å². The van der Waals surface area contributed by atoms with E-state index < -0.39 is 26.5 Å². The number of hydrogen-bond donors (Lipinski definition) is 1. The van der Waals surface area contributed by atoms with Crippen molar-refractivity contribution in [3.05, 3.63) is 97.2 Å². The van der Waals surface area contributed by atoms with E-state index in [0.29, 0.717) is 17.4 Å². The zero-order chi connectivity index (χ0) is 51.3. The highest BCUT2D eigenvalue weighted by molar-refractivity contribution is 7.47. The lowest BCUT2D eigenvalue weighted by atomic mass is 10.1. The van der Waals surface area contributed by atoms with Crippen molar-refractivity contribution in [3.8, 4) is 0 Å². The van der Waals surface area contributed by atoms with Gasteiger partial charge in [0.15, 0.2) is 6.10 Å². The summed E-state index contributed by atoms with van der Waals surface area (Å²) in [4.78, 5) is 35.6. The summed E-state index contributed by atoms with van der Waals surface area (Å²) in [6, 6.07) is 0. The monoisotopic (exact) mass is 999 g/mol. The van der Waals surface area contributed by atoms with E-state index in [2.05, 4.69) is 111 Å². The molecule has 2 unspecified atom stereocenters. The summed E-state index contributed by atoms with van der Waals surface area (Å²) in [5.74, 6) is -0.818. The zero-order valence-electron chi connectivity index (χ0n) is 45.5. The first-order valence-corrected chi connectivity index (χ1v) is 29.5. The van der Waals surface area contributed by atoms with Gasteiger partial charge in [-0.2, -0.15) is 0 Å². The van der Waals surface area contributed by atoms with E-state index in [1.807, 2.05) is 21.1 Å². The van der Waals surface area contributed by atoms with Crippen LogP contribution in [0.1, 0.15) is 219 Å². The Morgan fingerprint density at radius 1 is 0.457 bits per heavy atom. The minimum Gasteiger partial charge on any atom is -0.462 e. The maximum Gasteiger partial charge on any atom is 0.472 e. The fourth-order valence-electron chi connectivity index (χ4n) is 7.28. The standard InChI is InChI=1S/C60H104NO8P/c1-6-8-10-12-14-16-18-20-22-23-24-25-26-27-28-29-30-31-32-33-34-35-36-37-39-41-43-45-47-49-51-53-60(63)69-58(57-68-70(64,65)67-55-54-61(3,4)5)56-66-59(62)52-50-48-46-44-42-40-38-21-19-17-15-13-11-9-7-2/h8,10,14,16,20-22,24-25,27-28,30-31,33-34,38,58H,6-7,9,11-13,15,17-19,23,26,29,32,35-37,39-57H2,1-5H3/p+1/b10-8-,16-14-,22-20-,25-24-,28-27-,31-30-,34-33-,38-21-. The summed E-state index contributed by atoms with van der Waals surface area (Å²) >= 11 is 0. The van der Waals surface area contributed by atoms with Crippen LogP contribution >= 0.6 is 7.82 Å². The lowest BCUT2D eigenvalue weighted by Crippen LogP contribution is -2.37. The van der Waals surface area contributed by atoms with Crippen LogP contribution in [-0.2, 0) is 32.7 Å². The third-order valence-corrected chi connectivity index (χ3v) is 12.6. The Bertz CT molecular complexity index is 1500. The average Bonchev–Trinajstić information content (AvgIpc) is 3.32. The van der Waals surface area contributed by atoms with Crippen molar-refractivity contribution in [1.82, 2.24) is 0 Å². The third kappa shape index (κ3) is 54.3. The number of quaternary nitrogens is 1. The molecule has 0 heterocycles. The summed E-state index contributed by atoms with van der Waals surface area (Å²) < 4.78 is 34.5. The number of hydrogen-bond acceptors (Lipinski definition) is 7. The number of carbonyl (C=O) groups is 2. The molecule has 0 aromatic carbocycles. The Balaban J connectivity index is 4.19. The fraction of sp³-hybridized carbons (Fsp3) is 0.700. The molecule has 0 radical (unpaired) electrons. The number of likely N-dealkylation sites (N-methyl/N-ethyl adjacent to an activating group) is 1. The largest absolute Gasteiger partial charge is 0.472 e. The van der Waals surface area contributed by atoms with Crippen LogP contribution in [0.15, 0.2) is 97.2 Å². The predicted molar refractivity (Wildman–Crippen MR) is 298 cm³/mol. The second kappa shape index (κ2) is 50.9. The Hall–Kier alpha value is -3.07. The molecule has 0 saturated carbocycles. The van der Waals surface area contributed by atoms with Crippen molar-refractivity contribution in [1.29, 1.82) is 0 Å². The zero-order valence-corrected chi connectivity index (χ0v) is 46.4. The van der Waals surface area contributed by atoms with E-state index in [1.54, 1.807) is 0 Å². The number of unbranched alkanes of at least 4 members (excludes halogenated alkanes) is 20. The highest BCUT2D eigenvalue weighted by atomic mass is 31.2. The average molecular weight is 999 g/mol. The number of ether oxygens (including phenoxy) is 2. The number of phosphoric ester groups is 1. The molecule has 1 N–H and O–H groups in total. The SMILES string of the molecule is CC/C=C\C/C=C\C/C=C\C/C=C\C/C=C\C/C=C\C/C=C\CCCCCCCCCCCC(=O)OC(COC(=O)CCCCCCC/C=C\CCCCCCCC)COP(=O)(O)OCC[N+](C)(C)C. The van der Waals surface area contributed by atoms with Gasteiger partial charge in [-0.1, -0.05) is 207 Å². The van der Waals surface area contributed by atoms with E-state index in [1.165, 1.54) is 77.0 Å². The quantitative estimate of drug-likeness (QED) is 0.0211. The lowest BCUT2D eigenvalue weighted by molar-refractivity contribution is -0.870. The van der Waals surface area contributed by atoms with E-state index >= 15 is 0 Å². The molecule has 0 fully saturated rings. The van der Waals surface area contributed by atoms with Gasteiger partial charge in [-0.25, -0.2) is 4.57 Å². The number of nitrogens with zero attached hydrogens (tertiary/aromatic N) is 1. The molecular weight excluding hydrogens is 894 g/mol. The van der Waals surface area contributed by atoms with Gasteiger partial charge in [-0.15, -0.1) is 0 Å². The Kier molecular flexibility index (Phi) is 48.6. The van der Waals surface area contributed by atoms with Crippen molar-refractivity contribution >= 4 is 19.8 Å². The van der Waals surface area contributed by atoms with Crippen LogP contribution in [0.3, 0.4) is 0 Å². The fourth-order valence-corrected chi connectivity index (χ4v) is 8.02. The van der Waals surface area contributed by atoms with Crippen LogP contribution in [0.25, 0.3) is 0 Å². The molecule has 0 aliphatic rings. The van der Waals surface area contributed by atoms with Gasteiger partial charge >= 0.3 is 19.8 Å². The highest BCUT2D eigenvalue weighted by Gasteiger charge is 2.27. The molecular formula is C60H105NO8P+. The van der Waals surface area contributed by atoms with Gasteiger partial charge in [-0.05, 0) is 96.3 Å². The molecule has 0 aromatic rings. The molecule has 0 aromatic heterocycles. The van der Waals surface area contributed by atoms with Crippen molar-refractivity contribution in [2.45, 2.75) is 225 Å². The van der Waals surface area contributed by atoms with Gasteiger partial charge in [0.2, 0.25) is 0 Å². The second-order valence-corrected chi connectivity index (χ2v) is 21.0. The molecule has 0 bridgehead atoms. The smallest absolute Gasteiger partial charge is 0.462 e. The van der Waals surface area contributed by atoms with Gasteiger partial charge in [0.1, 0.15) is 19.8 Å². The van der Waals surface area contributed by atoms with Crippen molar-refractivity contribution < 1.29 is 42.1 Å². The summed E-state index contributed by atoms with van der Waals surface area (Å²) in [5.41, 5.74) is 0. The van der Waals surface area contributed by atoms with Crippen LogP contribution in [0, 0.1) is 0 Å². The van der Waals surface area contributed by atoms with Crippen LogP contribution in [0.2, 0.25) is 0 Å². The molecule has 2 atom stereocenters. The Labute approximate surface area is 430 Å². The molecule has 0 aliphatic carbocycles. The molecule has 402 valence electrons. The molecule has 0 rings (SSSR count). The molecule has 0 amide bonds. The van der Waals surface area contributed by atoms with Gasteiger partial charge < -0.3 is 18.9 Å². The molecule has 0 spiro atoms. The first-order valence-electron chi connectivity index (χ1n) is 28.0. The van der Waals surface area contributed by atoms with E-state index in [4.69, 9.17) is 18.5 Å². The number of rotatable bonds is 50. The summed E-state index contributed by atoms with van der Waals surface area (Å²) in [6.45, 7) is 4.29. The summed E-state index contributed by atoms with van der Waals surface area (Å²) in [7, 11) is 1.46. The second-order valence-electron chi connectivity index (χ2n) is 19.6. The first kappa shape index (κ1) is 66.9. The van der Waals surface area contributed by atoms with Crippen molar-refractivity contribution in [2.24, 2.45) is 0 Å². The topological polar surface area (TPSA) is 108 Å². The van der Waals surface area contributed by atoms with Crippen LogP contribution in [0.5, 0.6) is 0 Å². The van der Waals surface area contributed by atoms with Gasteiger partial charge in [0.25, 0.3) is 0 Å². The molecule has 0 saturated heterocycles. The number of phosphoric acid groups is 1. The summed E-state index contributed by atoms with van der Waals surface area (Å²) in [6.07, 6.45) is 69.0. The minimum atomic E-state index is -4.39. The number of allylic oxidation sites excluding steroid dienone is 16. The van der Waals surface area contributed by atoms with E-state index in [-0.39, 0.29) is 32.0 Å². The van der Waals surface area contributed by atoms with Crippen LogP contribution in [-0.4, -0.2) is 74.9 Å². The maximum atomic E-state index is 12.8. The molecule has 10 heteroatoms. The number of carbonyl (C=O) groups excluding carboxylic acids is 2. The molecule has 0 aliphatic heterocycles. The van der Waals surface area contributed by atoms with Crippen LogP contribution in [0.4, 0.5) is 0 Å². The van der Waals surface area contributed by atoms with E-state index in [0.717, 1.165) is 109 Å². The van der Waals surface area contributed by atoms with Crippen molar-refractivity contribution in [2.75, 3.05) is 47.5 Å². The Morgan fingerprint density at radius 2 is 0.814 bits per heavy atom. The Morgan fingerprint density at radius 3 is 1.23 bits per heavy atom. The number of esters is 2. The maximum absolute atomic E-state index is 12.8. The summed E-state index contributed by atoms with van der Waals surface area (Å²) in [5, 5.41) is 0. The normalized spacial score (nSPS) is 14.1. The first-order chi connectivity index (χ1) is 34.0. The van der Waals surface area contributed by atoms with Gasteiger partial charge in [0.05, 0.1) is 27.7 Å². The van der Waals surface area contributed by atoms with Crippen LogP contribution < -0.4 is 0 Å². The molecule has 9 nitrogen and oxygen atoms in total. The highest BCUT2D eigenvalue weighted by Crippen LogP contribution is 2.43. The molecule has 70 heavy (non-hydrogen) atoms. The van der Waals surface area contributed by atoms with Crippen molar-refractivity contribution in [3.63, 3.8) is 0 Å². The van der Waals surface area contributed by atoms with E-state index in [9.17, 15) is 19.0 Å².